The van der Waals surface area contributed by atoms with E-state index in [4.69, 9.17) is 0 Å². The van der Waals surface area contributed by atoms with E-state index in [1.54, 1.807) is 11.1 Å². The molecular formula is C29H35N. The molecule has 0 saturated carbocycles. The summed E-state index contributed by atoms with van der Waals surface area (Å²) >= 11 is 0. The molecule has 0 bridgehead atoms. The Hall–Kier alpha value is -2.38. The van der Waals surface area contributed by atoms with Crippen LogP contribution in [-0.4, -0.2) is 24.5 Å². The minimum absolute atomic E-state index is 0.574. The summed E-state index contributed by atoms with van der Waals surface area (Å²) < 4.78 is 0. The Morgan fingerprint density at radius 2 is 1.50 bits per heavy atom. The molecule has 30 heavy (non-hydrogen) atoms. The fourth-order valence-corrected chi connectivity index (χ4v) is 5.12. The molecular weight excluding hydrogens is 362 g/mol. The van der Waals surface area contributed by atoms with Gasteiger partial charge < -0.3 is 4.90 Å². The van der Waals surface area contributed by atoms with E-state index in [1.165, 1.54) is 48.9 Å². The molecule has 0 aromatic heterocycles. The van der Waals surface area contributed by atoms with Crippen molar-refractivity contribution in [3.8, 4) is 0 Å². The molecule has 3 aromatic rings. The highest BCUT2D eigenvalue weighted by Gasteiger charge is 2.34. The molecule has 0 unspecified atom stereocenters. The zero-order valence-corrected chi connectivity index (χ0v) is 18.6. The van der Waals surface area contributed by atoms with Gasteiger partial charge in [0.25, 0.3) is 0 Å². The molecule has 156 valence electrons. The molecule has 1 aliphatic carbocycles. The van der Waals surface area contributed by atoms with Gasteiger partial charge >= 0.3 is 0 Å². The van der Waals surface area contributed by atoms with Crippen molar-refractivity contribution in [2.45, 2.75) is 57.4 Å². The fourth-order valence-electron chi connectivity index (χ4n) is 5.12. The van der Waals surface area contributed by atoms with Crippen molar-refractivity contribution in [3.05, 3.63) is 107 Å². The van der Waals surface area contributed by atoms with Crippen molar-refractivity contribution in [2.24, 2.45) is 0 Å². The summed E-state index contributed by atoms with van der Waals surface area (Å²) in [5.41, 5.74) is 7.50. The van der Waals surface area contributed by atoms with E-state index in [2.05, 4.69) is 97.7 Å². The van der Waals surface area contributed by atoms with Gasteiger partial charge in [0.05, 0.1) is 0 Å². The zero-order chi connectivity index (χ0) is 20.8. The van der Waals surface area contributed by atoms with E-state index >= 15 is 0 Å². The lowest BCUT2D eigenvalue weighted by Gasteiger charge is -2.31. The van der Waals surface area contributed by atoms with Gasteiger partial charge in [0.15, 0.2) is 0 Å². The number of hydrogen-bond donors (Lipinski definition) is 0. The lowest BCUT2D eigenvalue weighted by molar-refractivity contribution is 0.215. The van der Waals surface area contributed by atoms with Gasteiger partial charge in [-0.1, -0.05) is 98.6 Å². The lowest BCUT2D eigenvalue weighted by Crippen LogP contribution is -2.36. The average molecular weight is 398 g/mol. The van der Waals surface area contributed by atoms with E-state index in [0.29, 0.717) is 12.0 Å². The topological polar surface area (TPSA) is 3.24 Å². The first-order valence-corrected chi connectivity index (χ1v) is 11.6. The normalized spacial score (nSPS) is 18.0. The number of rotatable bonds is 9. The van der Waals surface area contributed by atoms with Gasteiger partial charge in [-0.3, -0.25) is 0 Å². The third-order valence-electron chi connectivity index (χ3n) is 6.82. The van der Waals surface area contributed by atoms with Gasteiger partial charge in [0, 0.05) is 12.0 Å². The van der Waals surface area contributed by atoms with Gasteiger partial charge in [-0.2, -0.15) is 0 Å². The molecule has 2 atom stereocenters. The standard InChI is InChI=1S/C29H35N/c1-3-4-12-19-30(2)29-22-26-17-10-11-18-27(26)28(29)21-25-16-9-8-15-24(25)20-23-13-6-5-7-14-23/h5-11,13-18,28-29H,3-4,12,19-22H2,1-2H3/t28-,29-/m1/s1. The number of benzene rings is 3. The Morgan fingerprint density at radius 1 is 0.800 bits per heavy atom. The van der Waals surface area contributed by atoms with Crippen LogP contribution >= 0.6 is 0 Å². The maximum Gasteiger partial charge on any atom is 0.0205 e. The lowest BCUT2D eigenvalue weighted by atomic mass is 9.87. The molecule has 0 heterocycles. The molecule has 0 radical (unpaired) electrons. The summed E-state index contributed by atoms with van der Waals surface area (Å²) in [6.45, 7) is 3.49. The van der Waals surface area contributed by atoms with Crippen molar-refractivity contribution in [1.82, 2.24) is 4.90 Å². The van der Waals surface area contributed by atoms with Crippen LogP contribution in [-0.2, 0) is 19.3 Å². The van der Waals surface area contributed by atoms with Crippen LogP contribution in [0, 0.1) is 0 Å². The Kier molecular flexibility index (Phi) is 7.02. The number of hydrogen-bond acceptors (Lipinski definition) is 1. The zero-order valence-electron chi connectivity index (χ0n) is 18.6. The van der Waals surface area contributed by atoms with Crippen LogP contribution in [0.3, 0.4) is 0 Å². The third kappa shape index (κ3) is 4.84. The van der Waals surface area contributed by atoms with Crippen molar-refractivity contribution in [3.63, 3.8) is 0 Å². The molecule has 3 aromatic carbocycles. The van der Waals surface area contributed by atoms with Crippen molar-refractivity contribution < 1.29 is 0 Å². The van der Waals surface area contributed by atoms with Crippen molar-refractivity contribution >= 4 is 0 Å². The first-order valence-electron chi connectivity index (χ1n) is 11.6. The molecule has 1 heteroatoms. The highest BCUT2D eigenvalue weighted by Crippen LogP contribution is 2.39. The first-order chi connectivity index (χ1) is 14.8. The Morgan fingerprint density at radius 3 is 2.30 bits per heavy atom. The Balaban J connectivity index is 1.58. The summed E-state index contributed by atoms with van der Waals surface area (Å²) in [7, 11) is 2.34. The number of likely N-dealkylation sites (N-methyl/N-ethyl adjacent to an activating group) is 1. The van der Waals surface area contributed by atoms with Crippen LogP contribution < -0.4 is 0 Å². The maximum absolute atomic E-state index is 2.64. The van der Waals surface area contributed by atoms with E-state index < -0.39 is 0 Å². The van der Waals surface area contributed by atoms with Crippen LogP contribution in [0.4, 0.5) is 0 Å². The van der Waals surface area contributed by atoms with E-state index in [1.807, 2.05) is 0 Å². The summed E-state index contributed by atoms with van der Waals surface area (Å²) in [6, 6.07) is 29.7. The SMILES string of the molecule is CCCCCN(C)[C@@H]1Cc2ccccc2[C@H]1Cc1ccccc1Cc1ccccc1. The minimum atomic E-state index is 0.574. The van der Waals surface area contributed by atoms with Crippen molar-refractivity contribution in [2.75, 3.05) is 13.6 Å². The molecule has 1 nitrogen and oxygen atoms in total. The Bertz CT molecular complexity index is 930. The van der Waals surface area contributed by atoms with E-state index in [9.17, 15) is 0 Å². The van der Waals surface area contributed by atoms with E-state index in [-0.39, 0.29) is 0 Å². The van der Waals surface area contributed by atoms with Crippen LogP contribution in [0.25, 0.3) is 0 Å². The quantitative estimate of drug-likeness (QED) is 0.365. The molecule has 0 spiro atoms. The predicted octanol–water partition coefficient (Wildman–Crippen LogP) is 6.65. The highest BCUT2D eigenvalue weighted by atomic mass is 15.1. The predicted molar refractivity (Wildman–Crippen MR) is 128 cm³/mol. The third-order valence-corrected chi connectivity index (χ3v) is 6.82. The molecule has 0 aliphatic heterocycles. The van der Waals surface area contributed by atoms with Gasteiger partial charge in [-0.25, -0.2) is 0 Å². The largest absolute Gasteiger partial charge is 0.302 e. The molecule has 4 rings (SSSR count). The number of unbranched alkanes of at least 4 members (excludes halogenated alkanes) is 2. The Labute approximate surface area is 182 Å². The monoisotopic (exact) mass is 397 g/mol. The average Bonchev–Trinajstić information content (AvgIpc) is 3.14. The smallest absolute Gasteiger partial charge is 0.0205 e. The van der Waals surface area contributed by atoms with Gasteiger partial charge in [-0.15, -0.1) is 0 Å². The van der Waals surface area contributed by atoms with Gasteiger partial charge in [0.1, 0.15) is 0 Å². The van der Waals surface area contributed by atoms with Crippen LogP contribution in [0.2, 0.25) is 0 Å². The summed E-state index contributed by atoms with van der Waals surface area (Å²) in [5, 5.41) is 0. The maximum atomic E-state index is 2.64. The highest BCUT2D eigenvalue weighted by molar-refractivity contribution is 5.41. The molecule has 0 N–H and O–H groups in total. The van der Waals surface area contributed by atoms with Crippen LogP contribution in [0.15, 0.2) is 78.9 Å². The van der Waals surface area contributed by atoms with Gasteiger partial charge in [-0.05, 0) is 67.1 Å². The second-order valence-corrected chi connectivity index (χ2v) is 8.90. The molecule has 0 saturated heterocycles. The minimum Gasteiger partial charge on any atom is -0.302 e. The summed E-state index contributed by atoms with van der Waals surface area (Å²) in [5.74, 6) is 0.574. The van der Waals surface area contributed by atoms with Crippen molar-refractivity contribution in [1.29, 1.82) is 0 Å². The molecule has 0 fully saturated rings. The number of nitrogens with zero attached hydrogens (tertiary/aromatic N) is 1. The van der Waals surface area contributed by atoms with Crippen LogP contribution in [0.5, 0.6) is 0 Å². The second-order valence-electron chi connectivity index (χ2n) is 8.90. The van der Waals surface area contributed by atoms with E-state index in [0.717, 1.165) is 12.8 Å². The molecule has 0 amide bonds. The fraction of sp³-hybridized carbons (Fsp3) is 0.379. The second kappa shape index (κ2) is 10.1. The molecule has 1 aliphatic rings. The summed E-state index contributed by atoms with van der Waals surface area (Å²) in [4.78, 5) is 2.64. The number of fused-ring (bicyclic) bond motifs is 1. The van der Waals surface area contributed by atoms with Gasteiger partial charge in [0.2, 0.25) is 0 Å². The van der Waals surface area contributed by atoms with Crippen LogP contribution in [0.1, 0.15) is 59.9 Å². The summed E-state index contributed by atoms with van der Waals surface area (Å²) in [6.07, 6.45) is 7.25. The first kappa shape index (κ1) is 20.9.